The van der Waals surface area contributed by atoms with Gasteiger partial charge in [-0.15, -0.1) is 23.1 Å². The van der Waals surface area contributed by atoms with Gasteiger partial charge in [0.05, 0.1) is 16.3 Å². The molecule has 1 atom stereocenters. The van der Waals surface area contributed by atoms with E-state index in [-0.39, 0.29) is 11.9 Å². The van der Waals surface area contributed by atoms with E-state index >= 15 is 0 Å². The molecule has 1 aliphatic heterocycles. The van der Waals surface area contributed by atoms with Crippen LogP contribution in [0.4, 0.5) is 0 Å². The fourth-order valence-electron chi connectivity index (χ4n) is 2.64. The number of aryl methyl sites for hydroxylation is 1. The Morgan fingerprint density at radius 1 is 1.48 bits per heavy atom. The number of rotatable bonds is 5. The van der Waals surface area contributed by atoms with Crippen molar-refractivity contribution < 1.29 is 4.79 Å². The second kappa shape index (κ2) is 7.95. The zero-order valence-electron chi connectivity index (χ0n) is 13.2. The maximum absolute atomic E-state index is 12.6. The fraction of sp³-hybridized carbons (Fsp3) is 0.412. The number of amides is 1. The van der Waals surface area contributed by atoms with Gasteiger partial charge >= 0.3 is 0 Å². The molecule has 1 aromatic carbocycles. The molecule has 1 aliphatic rings. The van der Waals surface area contributed by atoms with Crippen LogP contribution < -0.4 is 10.6 Å². The molecule has 23 heavy (non-hydrogen) atoms. The summed E-state index contributed by atoms with van der Waals surface area (Å²) < 4.78 is 0. The van der Waals surface area contributed by atoms with E-state index in [1.54, 1.807) is 23.1 Å². The van der Waals surface area contributed by atoms with Crippen LogP contribution in [0, 0.1) is 6.92 Å². The predicted octanol–water partition coefficient (Wildman–Crippen LogP) is 3.23. The number of hydrogen-bond donors (Lipinski definition) is 2. The molecular weight excluding hydrogens is 326 g/mol. The van der Waals surface area contributed by atoms with Crippen molar-refractivity contribution in [1.29, 1.82) is 0 Å². The molecule has 0 aliphatic carbocycles. The highest BCUT2D eigenvalue weighted by Gasteiger charge is 2.18. The lowest BCUT2D eigenvalue weighted by molar-refractivity contribution is 0.0927. The topological polar surface area (TPSA) is 54.0 Å². The first-order chi connectivity index (χ1) is 11.2. The monoisotopic (exact) mass is 347 g/mol. The number of nitrogens with one attached hydrogen (secondary N) is 2. The second-order valence-electron chi connectivity index (χ2n) is 5.66. The first-order valence-electron chi connectivity index (χ1n) is 7.87. The van der Waals surface area contributed by atoms with E-state index in [9.17, 15) is 4.79 Å². The Bertz CT molecular complexity index is 665. The van der Waals surface area contributed by atoms with Crippen molar-refractivity contribution in [3.05, 3.63) is 45.9 Å². The molecule has 0 saturated carbocycles. The third-order valence-electron chi connectivity index (χ3n) is 3.81. The number of aromatic nitrogens is 1. The Morgan fingerprint density at radius 3 is 3.09 bits per heavy atom. The van der Waals surface area contributed by atoms with Gasteiger partial charge in [0.15, 0.2) is 0 Å². The van der Waals surface area contributed by atoms with Crippen molar-refractivity contribution >= 4 is 29.0 Å². The van der Waals surface area contributed by atoms with Crippen molar-refractivity contribution in [2.75, 3.05) is 13.1 Å². The van der Waals surface area contributed by atoms with Crippen LogP contribution in [0.1, 0.15) is 33.9 Å². The van der Waals surface area contributed by atoms with E-state index in [1.165, 1.54) is 0 Å². The first-order valence-corrected chi connectivity index (χ1v) is 9.73. The van der Waals surface area contributed by atoms with E-state index in [2.05, 4.69) is 21.0 Å². The van der Waals surface area contributed by atoms with Gasteiger partial charge in [-0.3, -0.25) is 4.79 Å². The van der Waals surface area contributed by atoms with Crippen molar-refractivity contribution in [3.63, 3.8) is 0 Å². The number of carbonyl (C=O) groups excluding carboxylic acids is 1. The average molecular weight is 348 g/mol. The minimum atomic E-state index is 0.0243. The zero-order valence-corrected chi connectivity index (χ0v) is 14.8. The normalized spacial score (nSPS) is 17.9. The lowest BCUT2D eigenvalue weighted by Gasteiger charge is -2.24. The molecule has 3 rings (SSSR count). The summed E-state index contributed by atoms with van der Waals surface area (Å²) >= 11 is 3.33. The zero-order chi connectivity index (χ0) is 16.1. The lowest BCUT2D eigenvalue weighted by atomic mass is 10.1. The van der Waals surface area contributed by atoms with E-state index in [4.69, 9.17) is 0 Å². The summed E-state index contributed by atoms with van der Waals surface area (Å²) in [7, 11) is 0. The molecule has 1 amide bonds. The highest BCUT2D eigenvalue weighted by atomic mass is 32.2. The minimum Gasteiger partial charge on any atom is -0.348 e. The van der Waals surface area contributed by atoms with Gasteiger partial charge in [0.2, 0.25) is 0 Å². The highest BCUT2D eigenvalue weighted by molar-refractivity contribution is 7.98. The summed E-state index contributed by atoms with van der Waals surface area (Å²) in [5.41, 5.74) is 1.83. The van der Waals surface area contributed by atoms with Crippen LogP contribution in [0.3, 0.4) is 0 Å². The van der Waals surface area contributed by atoms with Crippen molar-refractivity contribution in [3.8, 4) is 0 Å². The number of carbonyl (C=O) groups is 1. The van der Waals surface area contributed by atoms with E-state index in [0.717, 1.165) is 52.8 Å². The van der Waals surface area contributed by atoms with Gasteiger partial charge in [0.25, 0.3) is 5.91 Å². The molecule has 6 heteroatoms. The maximum atomic E-state index is 12.6. The molecule has 0 spiro atoms. The first kappa shape index (κ1) is 16.5. The van der Waals surface area contributed by atoms with Crippen LogP contribution in [-0.4, -0.2) is 30.0 Å². The summed E-state index contributed by atoms with van der Waals surface area (Å²) in [6, 6.07) is 8.05. The third kappa shape index (κ3) is 4.56. The van der Waals surface area contributed by atoms with Crippen LogP contribution in [0.5, 0.6) is 0 Å². The molecule has 0 radical (unpaired) electrons. The summed E-state index contributed by atoms with van der Waals surface area (Å²) in [5.74, 6) is 0.816. The van der Waals surface area contributed by atoms with Crippen LogP contribution >= 0.6 is 23.1 Å². The van der Waals surface area contributed by atoms with Crippen molar-refractivity contribution in [1.82, 2.24) is 15.6 Å². The van der Waals surface area contributed by atoms with E-state index in [0.29, 0.717) is 0 Å². The molecule has 2 heterocycles. The van der Waals surface area contributed by atoms with Crippen LogP contribution in [-0.2, 0) is 5.75 Å². The van der Waals surface area contributed by atoms with Crippen molar-refractivity contribution in [2.45, 2.75) is 36.5 Å². The quantitative estimate of drug-likeness (QED) is 0.816. The predicted molar refractivity (Wildman–Crippen MR) is 96.2 cm³/mol. The third-order valence-corrected chi connectivity index (χ3v) is 5.74. The minimum absolute atomic E-state index is 0.0243. The highest BCUT2D eigenvalue weighted by Crippen LogP contribution is 2.27. The molecule has 4 nitrogen and oxygen atoms in total. The fourth-order valence-corrected chi connectivity index (χ4v) is 4.30. The maximum Gasteiger partial charge on any atom is 0.252 e. The Kier molecular flexibility index (Phi) is 5.70. The smallest absolute Gasteiger partial charge is 0.252 e. The number of benzene rings is 1. The summed E-state index contributed by atoms with van der Waals surface area (Å²) in [6.45, 7) is 3.92. The number of thiazole rings is 1. The van der Waals surface area contributed by atoms with Crippen molar-refractivity contribution in [2.24, 2.45) is 0 Å². The molecule has 0 unspecified atom stereocenters. The van der Waals surface area contributed by atoms with Gasteiger partial charge in [-0.1, -0.05) is 12.1 Å². The Hall–Kier alpha value is -1.37. The van der Waals surface area contributed by atoms with Crippen LogP contribution in [0.25, 0.3) is 0 Å². The molecule has 1 saturated heterocycles. The summed E-state index contributed by atoms with van der Waals surface area (Å²) in [4.78, 5) is 18.1. The number of thioether (sulfide) groups is 1. The molecule has 1 fully saturated rings. The van der Waals surface area contributed by atoms with Gasteiger partial charge in [-0.2, -0.15) is 0 Å². The van der Waals surface area contributed by atoms with Gasteiger partial charge in [0.1, 0.15) is 0 Å². The molecule has 122 valence electrons. The van der Waals surface area contributed by atoms with Gasteiger partial charge < -0.3 is 10.6 Å². The Morgan fingerprint density at radius 2 is 2.35 bits per heavy atom. The number of nitrogens with zero attached hydrogens (tertiary/aromatic N) is 1. The average Bonchev–Trinajstić information content (AvgIpc) is 2.99. The molecule has 0 bridgehead atoms. The molecule has 2 aromatic rings. The molecule has 1 aromatic heterocycles. The number of hydrogen-bond acceptors (Lipinski definition) is 5. The second-order valence-corrected chi connectivity index (χ2v) is 7.74. The van der Waals surface area contributed by atoms with Crippen LogP contribution in [0.2, 0.25) is 0 Å². The summed E-state index contributed by atoms with van der Waals surface area (Å²) in [6.07, 6.45) is 2.16. The van der Waals surface area contributed by atoms with Crippen LogP contribution in [0.15, 0.2) is 34.5 Å². The van der Waals surface area contributed by atoms with Gasteiger partial charge in [-0.25, -0.2) is 4.98 Å². The lowest BCUT2D eigenvalue weighted by Crippen LogP contribution is -2.45. The SMILES string of the molecule is Cc1nc(CSc2ccccc2C(=O)N[C@H]2CCCNC2)cs1. The standard InChI is InChI=1S/C17H21N3OS2/c1-12-19-14(10-22-12)11-23-16-7-3-2-6-15(16)17(21)20-13-5-4-8-18-9-13/h2-3,6-7,10,13,18H,4-5,8-9,11H2,1H3,(H,20,21)/t13-/m0/s1. The van der Waals surface area contributed by atoms with E-state index in [1.807, 2.05) is 31.2 Å². The van der Waals surface area contributed by atoms with E-state index < -0.39 is 0 Å². The Labute approximate surface area is 145 Å². The molecule has 2 N–H and O–H groups in total. The molecular formula is C17H21N3OS2. The Balaban J connectivity index is 1.65. The van der Waals surface area contributed by atoms with Gasteiger partial charge in [0, 0.05) is 28.6 Å². The van der Waals surface area contributed by atoms with Gasteiger partial charge in [-0.05, 0) is 38.4 Å². The largest absolute Gasteiger partial charge is 0.348 e. The number of piperidine rings is 1. The summed E-state index contributed by atoms with van der Waals surface area (Å²) in [5, 5.41) is 9.64.